The summed E-state index contributed by atoms with van der Waals surface area (Å²) in [5, 5.41) is 2.22. The standard InChI is InChI=1S/C24H24NO/c1-17(18-9-5-4-6-10-18)25(2,3)16-21-15-20-13-7-11-19-12-8-14-22(23(19)20)24(21)26/h4-15,17H,16H2,1-3H3/q+1. The molecule has 3 aromatic rings. The van der Waals surface area contributed by atoms with Crippen molar-refractivity contribution < 1.29 is 9.28 Å². The van der Waals surface area contributed by atoms with E-state index in [0.29, 0.717) is 12.6 Å². The Morgan fingerprint density at radius 2 is 1.58 bits per heavy atom. The van der Waals surface area contributed by atoms with Crippen molar-refractivity contribution >= 4 is 22.6 Å². The molecule has 0 aromatic heterocycles. The summed E-state index contributed by atoms with van der Waals surface area (Å²) in [6.07, 6.45) is 2.09. The van der Waals surface area contributed by atoms with Gasteiger partial charge < -0.3 is 4.48 Å². The van der Waals surface area contributed by atoms with Crippen LogP contribution in [-0.4, -0.2) is 30.9 Å². The molecule has 2 heteroatoms. The van der Waals surface area contributed by atoms with Gasteiger partial charge in [-0.2, -0.15) is 0 Å². The predicted octanol–water partition coefficient (Wildman–Crippen LogP) is 5.26. The summed E-state index contributed by atoms with van der Waals surface area (Å²) in [6.45, 7) is 2.94. The Bertz CT molecular complexity index is 1010. The zero-order chi connectivity index (χ0) is 18.3. The van der Waals surface area contributed by atoms with Gasteiger partial charge in [0.25, 0.3) is 0 Å². The zero-order valence-corrected chi connectivity index (χ0v) is 15.6. The third-order valence-corrected chi connectivity index (χ3v) is 5.71. The highest BCUT2D eigenvalue weighted by atomic mass is 16.1. The van der Waals surface area contributed by atoms with Gasteiger partial charge in [-0.25, -0.2) is 0 Å². The number of nitrogens with zero attached hydrogens (tertiary/aromatic N) is 1. The lowest BCUT2D eigenvalue weighted by molar-refractivity contribution is -0.914. The van der Waals surface area contributed by atoms with Crippen LogP contribution in [-0.2, 0) is 0 Å². The van der Waals surface area contributed by atoms with Gasteiger partial charge >= 0.3 is 0 Å². The minimum atomic E-state index is 0.167. The van der Waals surface area contributed by atoms with E-state index in [-0.39, 0.29) is 5.78 Å². The van der Waals surface area contributed by atoms with E-state index in [0.717, 1.165) is 32.0 Å². The van der Waals surface area contributed by atoms with Gasteiger partial charge in [0.05, 0.1) is 19.7 Å². The Kier molecular flexibility index (Phi) is 4.01. The van der Waals surface area contributed by atoms with Gasteiger partial charge in [0.15, 0.2) is 5.78 Å². The number of hydrogen-bond donors (Lipinski definition) is 0. The van der Waals surface area contributed by atoms with Gasteiger partial charge in [-0.05, 0) is 23.9 Å². The van der Waals surface area contributed by atoms with Crippen molar-refractivity contribution in [3.05, 3.63) is 89.0 Å². The van der Waals surface area contributed by atoms with Crippen LogP contribution in [0.25, 0.3) is 16.8 Å². The molecule has 1 aliphatic rings. The summed E-state index contributed by atoms with van der Waals surface area (Å²) in [7, 11) is 4.40. The van der Waals surface area contributed by atoms with Crippen molar-refractivity contribution in [3.63, 3.8) is 0 Å². The molecule has 4 rings (SSSR count). The van der Waals surface area contributed by atoms with Crippen LogP contribution in [0.2, 0.25) is 0 Å². The van der Waals surface area contributed by atoms with Crippen molar-refractivity contribution in [1.82, 2.24) is 0 Å². The Balaban J connectivity index is 1.71. The van der Waals surface area contributed by atoms with E-state index in [1.54, 1.807) is 0 Å². The molecule has 2 nitrogen and oxygen atoms in total. The molecule has 0 heterocycles. The number of hydrogen-bond acceptors (Lipinski definition) is 1. The molecule has 0 spiro atoms. The molecule has 0 radical (unpaired) electrons. The van der Waals surface area contributed by atoms with E-state index in [1.165, 1.54) is 5.56 Å². The van der Waals surface area contributed by atoms with Gasteiger partial charge in [-0.3, -0.25) is 4.79 Å². The van der Waals surface area contributed by atoms with Crippen LogP contribution in [0.1, 0.15) is 34.5 Å². The summed E-state index contributed by atoms with van der Waals surface area (Å²) in [4.78, 5) is 13.2. The van der Waals surface area contributed by atoms with Crippen LogP contribution in [0.15, 0.2) is 72.3 Å². The molecule has 0 saturated carbocycles. The van der Waals surface area contributed by atoms with Crippen LogP contribution in [0.5, 0.6) is 0 Å². The van der Waals surface area contributed by atoms with Gasteiger partial charge in [-0.15, -0.1) is 0 Å². The zero-order valence-electron chi connectivity index (χ0n) is 15.6. The molecule has 0 saturated heterocycles. The third-order valence-electron chi connectivity index (χ3n) is 5.71. The first-order chi connectivity index (χ1) is 12.5. The van der Waals surface area contributed by atoms with Gasteiger partial charge in [-0.1, -0.05) is 66.7 Å². The fourth-order valence-corrected chi connectivity index (χ4v) is 3.93. The second-order valence-corrected chi connectivity index (χ2v) is 7.77. The molecule has 1 aliphatic carbocycles. The summed E-state index contributed by atoms with van der Waals surface area (Å²) in [5.41, 5.74) is 4.18. The molecule has 1 atom stereocenters. The van der Waals surface area contributed by atoms with E-state index < -0.39 is 0 Å². The average molecular weight is 342 g/mol. The largest absolute Gasteiger partial charge is 0.319 e. The Morgan fingerprint density at radius 1 is 0.885 bits per heavy atom. The molecule has 0 fully saturated rings. The number of carbonyl (C=O) groups excluding carboxylic acids is 1. The first-order valence-corrected chi connectivity index (χ1v) is 9.12. The molecule has 0 bridgehead atoms. The van der Waals surface area contributed by atoms with E-state index >= 15 is 0 Å². The van der Waals surface area contributed by atoms with Crippen LogP contribution in [0.3, 0.4) is 0 Å². The number of benzene rings is 3. The van der Waals surface area contributed by atoms with Crippen molar-refractivity contribution in [3.8, 4) is 0 Å². The molecule has 26 heavy (non-hydrogen) atoms. The SMILES string of the molecule is CC(c1ccccc1)[N+](C)(C)CC1=Cc2cccc3cccc(c23)C1=O. The lowest BCUT2D eigenvalue weighted by Gasteiger charge is -2.37. The number of likely N-dealkylation sites (N-methyl/N-ethyl adjacent to an activating group) is 1. The second-order valence-electron chi connectivity index (χ2n) is 7.77. The first-order valence-electron chi connectivity index (χ1n) is 9.12. The van der Waals surface area contributed by atoms with Crippen LogP contribution in [0, 0.1) is 0 Å². The summed E-state index contributed by atoms with van der Waals surface area (Å²) in [5.74, 6) is 0.167. The van der Waals surface area contributed by atoms with Gasteiger partial charge in [0.2, 0.25) is 0 Å². The number of Topliss-reactive ketones (excluding diaryl/α,β-unsaturated/α-hetero) is 1. The number of ketones is 1. The highest BCUT2D eigenvalue weighted by Gasteiger charge is 2.31. The maximum absolute atomic E-state index is 13.2. The van der Waals surface area contributed by atoms with Crippen LogP contribution in [0.4, 0.5) is 0 Å². The van der Waals surface area contributed by atoms with E-state index in [1.807, 2.05) is 18.2 Å². The molecule has 0 amide bonds. The summed E-state index contributed by atoms with van der Waals surface area (Å²) < 4.78 is 0.736. The molecule has 1 unspecified atom stereocenters. The predicted molar refractivity (Wildman–Crippen MR) is 108 cm³/mol. The fourth-order valence-electron chi connectivity index (χ4n) is 3.93. The minimum absolute atomic E-state index is 0.167. The minimum Gasteiger partial charge on any atom is -0.319 e. The molecule has 0 N–H and O–H groups in total. The lowest BCUT2D eigenvalue weighted by atomic mass is 9.87. The molecule has 3 aromatic carbocycles. The molecule has 0 aliphatic heterocycles. The van der Waals surface area contributed by atoms with E-state index in [4.69, 9.17) is 0 Å². The number of rotatable bonds is 4. The second kappa shape index (κ2) is 6.22. The number of carbonyl (C=O) groups is 1. The number of quaternary nitrogens is 1. The average Bonchev–Trinajstić information content (AvgIpc) is 2.66. The van der Waals surface area contributed by atoms with Crippen LogP contribution < -0.4 is 0 Å². The topological polar surface area (TPSA) is 17.1 Å². The Morgan fingerprint density at radius 3 is 2.31 bits per heavy atom. The van der Waals surface area contributed by atoms with Crippen LogP contribution >= 0.6 is 0 Å². The highest BCUT2D eigenvalue weighted by Crippen LogP contribution is 2.33. The maximum Gasteiger partial charge on any atom is 0.195 e. The van der Waals surface area contributed by atoms with Crippen molar-refractivity contribution in [1.29, 1.82) is 0 Å². The van der Waals surface area contributed by atoms with Crippen molar-refractivity contribution in [2.45, 2.75) is 13.0 Å². The van der Waals surface area contributed by atoms with Gasteiger partial charge in [0.1, 0.15) is 12.6 Å². The smallest absolute Gasteiger partial charge is 0.195 e. The molecule has 130 valence electrons. The first kappa shape index (κ1) is 16.7. The Hall–Kier alpha value is -2.71. The normalized spacial score (nSPS) is 15.0. The van der Waals surface area contributed by atoms with E-state index in [2.05, 4.69) is 75.6 Å². The summed E-state index contributed by atoms with van der Waals surface area (Å²) >= 11 is 0. The third kappa shape index (κ3) is 2.77. The summed E-state index contributed by atoms with van der Waals surface area (Å²) in [6, 6.07) is 23.1. The fraction of sp³-hybridized carbons (Fsp3) is 0.208. The van der Waals surface area contributed by atoms with Crippen molar-refractivity contribution in [2.75, 3.05) is 20.6 Å². The van der Waals surface area contributed by atoms with Crippen molar-refractivity contribution in [2.24, 2.45) is 0 Å². The van der Waals surface area contributed by atoms with Gasteiger partial charge in [0, 0.05) is 16.5 Å². The quantitative estimate of drug-likeness (QED) is 0.591. The molecular formula is C24H24NO+. The monoisotopic (exact) mass is 342 g/mol. The highest BCUT2D eigenvalue weighted by molar-refractivity contribution is 6.22. The molecular weight excluding hydrogens is 318 g/mol. The maximum atomic E-state index is 13.2. The Labute approximate surface area is 155 Å². The lowest BCUT2D eigenvalue weighted by Crippen LogP contribution is -2.44. The van der Waals surface area contributed by atoms with E-state index in [9.17, 15) is 4.79 Å².